The van der Waals surface area contributed by atoms with Gasteiger partial charge in [-0.3, -0.25) is 19.7 Å². The zero-order chi connectivity index (χ0) is 27.7. The van der Waals surface area contributed by atoms with Crippen LogP contribution < -0.4 is 10.2 Å². The third-order valence-electron chi connectivity index (χ3n) is 6.48. The summed E-state index contributed by atoms with van der Waals surface area (Å²) in [4.78, 5) is 37.9. The summed E-state index contributed by atoms with van der Waals surface area (Å²) in [6.07, 6.45) is 0. The number of imide groups is 1. The molecule has 11 nitrogen and oxygen atoms in total. The summed E-state index contributed by atoms with van der Waals surface area (Å²) in [6.45, 7) is 2.44. The van der Waals surface area contributed by atoms with E-state index in [2.05, 4.69) is 5.32 Å². The second-order valence-corrected chi connectivity index (χ2v) is 10.8. The van der Waals surface area contributed by atoms with E-state index in [1.807, 2.05) is 6.07 Å². The third kappa shape index (κ3) is 4.92. The molecule has 3 aromatic rings. The number of ether oxygens (including phenoxy) is 1. The predicted molar refractivity (Wildman–Crippen MR) is 144 cm³/mol. The van der Waals surface area contributed by atoms with Crippen LogP contribution in [0.25, 0.3) is 11.3 Å². The number of carbonyl (C=O) groups is 2. The fourth-order valence-electron chi connectivity index (χ4n) is 4.60. The van der Waals surface area contributed by atoms with Crippen molar-refractivity contribution < 1.29 is 27.7 Å². The van der Waals surface area contributed by atoms with E-state index in [4.69, 9.17) is 4.74 Å². The van der Waals surface area contributed by atoms with Crippen LogP contribution in [0.15, 0.2) is 77.7 Å². The van der Waals surface area contributed by atoms with E-state index in [9.17, 15) is 28.1 Å². The minimum Gasteiger partial charge on any atom is -0.379 e. The third-order valence-corrected chi connectivity index (χ3v) is 8.39. The molecule has 0 aliphatic carbocycles. The average Bonchev–Trinajstić information content (AvgIpc) is 3.23. The molecular weight excluding hydrogens is 524 g/mol. The number of fused-ring (bicyclic) bond motifs is 1. The van der Waals surface area contributed by atoms with Crippen LogP contribution >= 0.6 is 0 Å². The highest BCUT2D eigenvalue weighted by atomic mass is 32.2. The lowest BCUT2D eigenvalue weighted by Gasteiger charge is -2.26. The number of morpholine rings is 1. The molecule has 1 saturated heterocycles. The largest absolute Gasteiger partial charge is 0.379 e. The smallest absolute Gasteiger partial charge is 0.271 e. The van der Waals surface area contributed by atoms with E-state index in [0.29, 0.717) is 35.7 Å². The number of amides is 2. The topological polar surface area (TPSA) is 139 Å². The summed E-state index contributed by atoms with van der Waals surface area (Å²) in [6, 6.07) is 19.0. The van der Waals surface area contributed by atoms with Gasteiger partial charge in [-0.2, -0.15) is 4.31 Å². The molecule has 5 rings (SSSR count). The maximum Gasteiger partial charge on any atom is 0.271 e. The second kappa shape index (κ2) is 10.4. The molecule has 2 aliphatic heterocycles. The molecule has 2 aliphatic rings. The first-order valence-electron chi connectivity index (χ1n) is 12.1. The standard InChI is InChI=1S/C27H24N4O7S/c1-18(32)30-24-17-21(31(34)35)9-12-23(24)25(27(30)33)26(19-5-3-2-4-6-19)28-20-7-10-22(11-8-20)39(36,37)29-13-15-38-16-14-29/h2-12,17,28H,13-16H2,1H3/b26-25-. The molecule has 3 aromatic carbocycles. The first kappa shape index (κ1) is 26.2. The molecule has 0 aromatic heterocycles. The monoisotopic (exact) mass is 548 g/mol. The number of non-ortho nitro benzene ring substituents is 1. The normalized spacial score (nSPS) is 17.1. The Balaban J connectivity index is 1.59. The molecule has 200 valence electrons. The van der Waals surface area contributed by atoms with Gasteiger partial charge in [-0.15, -0.1) is 0 Å². The van der Waals surface area contributed by atoms with Crippen LogP contribution in [0.2, 0.25) is 0 Å². The lowest BCUT2D eigenvalue weighted by atomic mass is 10.00. The molecule has 0 unspecified atom stereocenters. The van der Waals surface area contributed by atoms with E-state index in [0.717, 1.165) is 4.90 Å². The number of carbonyl (C=O) groups excluding carboxylic acids is 2. The van der Waals surface area contributed by atoms with Crippen molar-refractivity contribution in [3.8, 4) is 0 Å². The average molecular weight is 549 g/mol. The fourth-order valence-corrected chi connectivity index (χ4v) is 6.00. The van der Waals surface area contributed by atoms with Crippen LogP contribution in [0, 0.1) is 10.1 Å². The van der Waals surface area contributed by atoms with Crippen molar-refractivity contribution in [3.63, 3.8) is 0 Å². The second-order valence-electron chi connectivity index (χ2n) is 8.90. The minimum absolute atomic E-state index is 0.124. The van der Waals surface area contributed by atoms with Crippen molar-refractivity contribution in [1.82, 2.24) is 4.31 Å². The number of benzene rings is 3. The van der Waals surface area contributed by atoms with Gasteiger partial charge in [-0.25, -0.2) is 13.3 Å². The molecule has 1 N–H and O–H groups in total. The van der Waals surface area contributed by atoms with Gasteiger partial charge in [0.1, 0.15) is 0 Å². The number of anilines is 2. The van der Waals surface area contributed by atoms with Gasteiger partial charge in [0.05, 0.1) is 40.0 Å². The van der Waals surface area contributed by atoms with E-state index < -0.39 is 26.8 Å². The van der Waals surface area contributed by atoms with Crippen LogP contribution in [-0.2, 0) is 24.3 Å². The predicted octanol–water partition coefficient (Wildman–Crippen LogP) is 3.49. The van der Waals surface area contributed by atoms with E-state index >= 15 is 0 Å². The quantitative estimate of drug-likeness (QED) is 0.281. The Morgan fingerprint density at radius 3 is 2.28 bits per heavy atom. The van der Waals surface area contributed by atoms with E-state index in [1.165, 1.54) is 41.6 Å². The number of rotatable bonds is 6. The fraction of sp³-hybridized carbons (Fsp3) is 0.185. The first-order valence-corrected chi connectivity index (χ1v) is 13.5. The number of nitro groups is 1. The Morgan fingerprint density at radius 1 is 1.00 bits per heavy atom. The van der Waals surface area contributed by atoms with Gasteiger partial charge in [0.25, 0.3) is 11.6 Å². The van der Waals surface area contributed by atoms with Gasteiger partial charge < -0.3 is 10.1 Å². The molecule has 0 spiro atoms. The minimum atomic E-state index is -3.69. The molecule has 0 saturated carbocycles. The SMILES string of the molecule is CC(=O)N1C(=O)/C(=C(\Nc2ccc(S(=O)(=O)N3CCOCC3)cc2)c2ccccc2)c2ccc([N+](=O)[O-])cc21. The van der Waals surface area contributed by atoms with Crippen molar-refractivity contribution in [2.24, 2.45) is 0 Å². The Labute approximate surface area is 224 Å². The molecule has 2 heterocycles. The Bertz CT molecular complexity index is 1600. The highest BCUT2D eigenvalue weighted by Crippen LogP contribution is 2.43. The van der Waals surface area contributed by atoms with Crippen LogP contribution in [0.4, 0.5) is 17.1 Å². The van der Waals surface area contributed by atoms with Gasteiger partial charge in [-0.05, 0) is 35.9 Å². The first-order chi connectivity index (χ1) is 18.7. The number of hydrogen-bond acceptors (Lipinski definition) is 8. The number of nitrogens with one attached hydrogen (secondary N) is 1. The molecule has 1 fully saturated rings. The van der Waals surface area contributed by atoms with Gasteiger partial charge in [0.2, 0.25) is 15.9 Å². The number of nitro benzene ring substituents is 1. The van der Waals surface area contributed by atoms with Crippen molar-refractivity contribution in [2.45, 2.75) is 11.8 Å². The van der Waals surface area contributed by atoms with Crippen molar-refractivity contribution in [2.75, 3.05) is 36.5 Å². The van der Waals surface area contributed by atoms with Gasteiger partial charge in [0.15, 0.2) is 0 Å². The maximum atomic E-state index is 13.6. The lowest BCUT2D eigenvalue weighted by molar-refractivity contribution is -0.384. The van der Waals surface area contributed by atoms with Crippen LogP contribution in [0.5, 0.6) is 0 Å². The van der Waals surface area contributed by atoms with Gasteiger partial charge in [0, 0.05) is 43.4 Å². The van der Waals surface area contributed by atoms with E-state index in [-0.39, 0.29) is 34.9 Å². The summed E-state index contributed by atoms with van der Waals surface area (Å²) >= 11 is 0. The highest BCUT2D eigenvalue weighted by molar-refractivity contribution is 7.89. The van der Waals surface area contributed by atoms with Crippen LogP contribution in [-0.4, -0.2) is 55.8 Å². The number of nitrogens with zero attached hydrogens (tertiary/aromatic N) is 3. The van der Waals surface area contributed by atoms with E-state index in [1.54, 1.807) is 36.4 Å². The molecule has 2 amide bonds. The molecule has 0 radical (unpaired) electrons. The number of sulfonamides is 1. The van der Waals surface area contributed by atoms with Crippen LogP contribution in [0.1, 0.15) is 18.1 Å². The summed E-state index contributed by atoms with van der Waals surface area (Å²) in [5.41, 5.74) is 1.88. The maximum absolute atomic E-state index is 13.6. The molecule has 0 bridgehead atoms. The van der Waals surface area contributed by atoms with Crippen molar-refractivity contribution >= 4 is 50.2 Å². The summed E-state index contributed by atoms with van der Waals surface area (Å²) in [5.74, 6) is -1.21. The Morgan fingerprint density at radius 2 is 1.67 bits per heavy atom. The molecule has 0 atom stereocenters. The summed E-state index contributed by atoms with van der Waals surface area (Å²) in [7, 11) is -3.69. The number of hydrogen-bond donors (Lipinski definition) is 1. The zero-order valence-corrected chi connectivity index (χ0v) is 21.7. The van der Waals surface area contributed by atoms with Crippen molar-refractivity contribution in [1.29, 1.82) is 0 Å². The molecular formula is C27H24N4O7S. The molecule has 39 heavy (non-hydrogen) atoms. The van der Waals surface area contributed by atoms with Gasteiger partial charge >= 0.3 is 0 Å². The summed E-state index contributed by atoms with van der Waals surface area (Å²) < 4.78 is 32.7. The Hall–Kier alpha value is -4.39. The zero-order valence-electron chi connectivity index (χ0n) is 20.9. The Kier molecular flexibility index (Phi) is 7.00. The van der Waals surface area contributed by atoms with Crippen molar-refractivity contribution in [3.05, 3.63) is 94.0 Å². The van der Waals surface area contributed by atoms with Gasteiger partial charge in [-0.1, -0.05) is 30.3 Å². The molecule has 12 heteroatoms. The highest BCUT2D eigenvalue weighted by Gasteiger charge is 2.39. The van der Waals surface area contributed by atoms with Crippen LogP contribution in [0.3, 0.4) is 0 Å². The summed E-state index contributed by atoms with van der Waals surface area (Å²) in [5, 5.41) is 14.6. The lowest BCUT2D eigenvalue weighted by Crippen LogP contribution is -2.40.